The van der Waals surface area contributed by atoms with E-state index < -0.39 is 0 Å². The Labute approximate surface area is 119 Å². The second kappa shape index (κ2) is 3.78. The SMILES string of the molecule is Cc1ccc2c(c1)C1COc3ccc(C)cc3C1(C)O2. The molecule has 2 aliphatic heterocycles. The first-order valence-electron chi connectivity index (χ1n) is 7.11. The molecule has 0 fully saturated rings. The Morgan fingerprint density at radius 3 is 2.50 bits per heavy atom. The quantitative estimate of drug-likeness (QED) is 0.715. The molecule has 4 rings (SSSR count). The summed E-state index contributed by atoms with van der Waals surface area (Å²) in [4.78, 5) is 0. The first kappa shape index (κ1) is 11.8. The van der Waals surface area contributed by atoms with Crippen molar-refractivity contribution in [3.63, 3.8) is 0 Å². The Kier molecular flexibility index (Phi) is 2.24. The lowest BCUT2D eigenvalue weighted by Gasteiger charge is -2.37. The van der Waals surface area contributed by atoms with E-state index in [9.17, 15) is 0 Å². The van der Waals surface area contributed by atoms with Gasteiger partial charge in [0.15, 0.2) is 0 Å². The van der Waals surface area contributed by atoms with Gasteiger partial charge in [0, 0.05) is 11.1 Å². The van der Waals surface area contributed by atoms with Gasteiger partial charge in [-0.05, 0) is 39.0 Å². The fourth-order valence-corrected chi connectivity index (χ4v) is 3.45. The third-order valence-electron chi connectivity index (χ3n) is 4.60. The molecule has 0 bridgehead atoms. The molecule has 2 aromatic carbocycles. The van der Waals surface area contributed by atoms with E-state index in [1.54, 1.807) is 0 Å². The Hall–Kier alpha value is -1.96. The molecule has 2 heterocycles. The Morgan fingerprint density at radius 2 is 1.70 bits per heavy atom. The van der Waals surface area contributed by atoms with Crippen molar-refractivity contribution in [3.8, 4) is 11.5 Å². The average molecular weight is 266 g/mol. The van der Waals surface area contributed by atoms with Gasteiger partial charge in [-0.1, -0.05) is 29.3 Å². The molecule has 0 spiro atoms. The molecule has 0 saturated heterocycles. The summed E-state index contributed by atoms with van der Waals surface area (Å²) in [6.45, 7) is 7.11. The monoisotopic (exact) mass is 266 g/mol. The zero-order valence-corrected chi connectivity index (χ0v) is 12.1. The second-order valence-electron chi connectivity index (χ2n) is 6.11. The molecule has 0 N–H and O–H groups in total. The molecule has 2 aromatic rings. The van der Waals surface area contributed by atoms with Gasteiger partial charge in [0.05, 0.1) is 12.5 Å². The molecule has 102 valence electrons. The zero-order chi connectivity index (χ0) is 13.9. The van der Waals surface area contributed by atoms with E-state index >= 15 is 0 Å². The maximum Gasteiger partial charge on any atom is 0.145 e. The smallest absolute Gasteiger partial charge is 0.145 e. The molecular weight excluding hydrogens is 248 g/mol. The largest absolute Gasteiger partial charge is 0.492 e. The molecule has 0 saturated carbocycles. The van der Waals surface area contributed by atoms with Crippen molar-refractivity contribution in [2.45, 2.75) is 32.3 Å². The molecule has 2 nitrogen and oxygen atoms in total. The summed E-state index contributed by atoms with van der Waals surface area (Å²) in [6.07, 6.45) is 0. The van der Waals surface area contributed by atoms with Gasteiger partial charge < -0.3 is 9.47 Å². The normalized spacial score (nSPS) is 26.1. The van der Waals surface area contributed by atoms with Crippen molar-refractivity contribution in [2.24, 2.45) is 0 Å². The number of hydrogen-bond acceptors (Lipinski definition) is 2. The van der Waals surface area contributed by atoms with Crippen LogP contribution < -0.4 is 9.47 Å². The first-order valence-corrected chi connectivity index (χ1v) is 7.11. The minimum Gasteiger partial charge on any atom is -0.492 e. The van der Waals surface area contributed by atoms with Crippen molar-refractivity contribution in [1.82, 2.24) is 0 Å². The van der Waals surface area contributed by atoms with E-state index in [-0.39, 0.29) is 11.5 Å². The molecule has 2 heteroatoms. The van der Waals surface area contributed by atoms with Gasteiger partial charge in [0.1, 0.15) is 17.1 Å². The fourth-order valence-electron chi connectivity index (χ4n) is 3.45. The van der Waals surface area contributed by atoms with E-state index in [0.717, 1.165) is 11.5 Å². The zero-order valence-electron chi connectivity index (χ0n) is 12.1. The number of ether oxygens (including phenoxy) is 2. The van der Waals surface area contributed by atoms with Crippen LogP contribution in [0, 0.1) is 13.8 Å². The number of benzene rings is 2. The maximum absolute atomic E-state index is 6.35. The summed E-state index contributed by atoms with van der Waals surface area (Å²) in [6, 6.07) is 12.8. The van der Waals surface area contributed by atoms with E-state index in [0.29, 0.717) is 6.61 Å². The highest BCUT2D eigenvalue weighted by atomic mass is 16.5. The van der Waals surface area contributed by atoms with Gasteiger partial charge in [-0.3, -0.25) is 0 Å². The number of fused-ring (bicyclic) bond motifs is 5. The number of aryl methyl sites for hydroxylation is 2. The van der Waals surface area contributed by atoms with Crippen LogP contribution in [0.5, 0.6) is 11.5 Å². The summed E-state index contributed by atoms with van der Waals surface area (Å²) in [7, 11) is 0. The standard InChI is InChI=1S/C18H18O2/c1-11-4-6-16-13(8-11)15-10-19-17-7-5-12(2)9-14(17)18(15,3)20-16/h4-9,15H,10H2,1-3H3. The molecular formula is C18H18O2. The summed E-state index contributed by atoms with van der Waals surface area (Å²) >= 11 is 0. The van der Waals surface area contributed by atoms with Gasteiger partial charge in [-0.2, -0.15) is 0 Å². The first-order chi connectivity index (χ1) is 9.58. The third-order valence-corrected chi connectivity index (χ3v) is 4.60. The molecule has 2 atom stereocenters. The van der Waals surface area contributed by atoms with Crippen LogP contribution in [-0.4, -0.2) is 6.61 Å². The van der Waals surface area contributed by atoms with Crippen LogP contribution in [0.15, 0.2) is 36.4 Å². The molecule has 0 aromatic heterocycles. The Bertz CT molecular complexity index is 705. The summed E-state index contributed by atoms with van der Waals surface area (Å²) in [5.41, 5.74) is 4.65. The predicted molar refractivity (Wildman–Crippen MR) is 78.6 cm³/mol. The highest BCUT2D eigenvalue weighted by Gasteiger charge is 2.50. The number of rotatable bonds is 0. The van der Waals surface area contributed by atoms with Gasteiger partial charge in [0.2, 0.25) is 0 Å². The number of hydrogen-bond donors (Lipinski definition) is 0. The highest BCUT2D eigenvalue weighted by Crippen LogP contribution is 2.54. The Morgan fingerprint density at radius 1 is 1.00 bits per heavy atom. The summed E-state index contributed by atoms with van der Waals surface area (Å²) in [5.74, 6) is 2.23. The lowest BCUT2D eigenvalue weighted by atomic mass is 9.78. The molecule has 2 unspecified atom stereocenters. The lowest BCUT2D eigenvalue weighted by molar-refractivity contribution is 0.0434. The second-order valence-corrected chi connectivity index (χ2v) is 6.11. The predicted octanol–water partition coefficient (Wildman–Crippen LogP) is 4.09. The summed E-state index contributed by atoms with van der Waals surface area (Å²) in [5, 5.41) is 0. The van der Waals surface area contributed by atoms with E-state index in [4.69, 9.17) is 9.47 Å². The van der Waals surface area contributed by atoms with Crippen LogP contribution in [0.1, 0.15) is 35.1 Å². The van der Waals surface area contributed by atoms with E-state index in [1.807, 2.05) is 0 Å². The van der Waals surface area contributed by atoms with Crippen LogP contribution in [0.3, 0.4) is 0 Å². The average Bonchev–Trinajstić information content (AvgIpc) is 2.71. The van der Waals surface area contributed by atoms with Crippen LogP contribution in [0.25, 0.3) is 0 Å². The van der Waals surface area contributed by atoms with Crippen molar-refractivity contribution in [2.75, 3.05) is 6.61 Å². The minimum absolute atomic E-state index is 0.270. The maximum atomic E-state index is 6.35. The van der Waals surface area contributed by atoms with Crippen molar-refractivity contribution < 1.29 is 9.47 Å². The molecule has 0 amide bonds. The van der Waals surface area contributed by atoms with Crippen LogP contribution in [0.4, 0.5) is 0 Å². The van der Waals surface area contributed by atoms with Gasteiger partial charge >= 0.3 is 0 Å². The van der Waals surface area contributed by atoms with Crippen molar-refractivity contribution >= 4 is 0 Å². The highest BCUT2D eigenvalue weighted by molar-refractivity contribution is 5.53. The lowest BCUT2D eigenvalue weighted by Crippen LogP contribution is -2.38. The minimum atomic E-state index is -0.310. The van der Waals surface area contributed by atoms with Gasteiger partial charge in [0.25, 0.3) is 0 Å². The van der Waals surface area contributed by atoms with Gasteiger partial charge in [-0.25, -0.2) is 0 Å². The van der Waals surface area contributed by atoms with E-state index in [2.05, 4.69) is 57.2 Å². The molecule has 2 aliphatic rings. The van der Waals surface area contributed by atoms with Crippen LogP contribution in [0.2, 0.25) is 0 Å². The van der Waals surface area contributed by atoms with Crippen LogP contribution in [-0.2, 0) is 5.60 Å². The topological polar surface area (TPSA) is 18.5 Å². The van der Waals surface area contributed by atoms with Gasteiger partial charge in [-0.15, -0.1) is 0 Å². The molecule has 0 radical (unpaired) electrons. The van der Waals surface area contributed by atoms with E-state index in [1.165, 1.54) is 22.3 Å². The van der Waals surface area contributed by atoms with Crippen LogP contribution >= 0.6 is 0 Å². The van der Waals surface area contributed by atoms with Crippen molar-refractivity contribution in [3.05, 3.63) is 58.7 Å². The summed E-state index contributed by atoms with van der Waals surface area (Å²) < 4.78 is 12.3. The fraction of sp³-hybridized carbons (Fsp3) is 0.333. The van der Waals surface area contributed by atoms with Crippen molar-refractivity contribution in [1.29, 1.82) is 0 Å². The third kappa shape index (κ3) is 1.45. The Balaban J connectivity index is 1.91. The molecule has 20 heavy (non-hydrogen) atoms. The molecule has 0 aliphatic carbocycles.